The predicted octanol–water partition coefficient (Wildman–Crippen LogP) is 3.73. The van der Waals surface area contributed by atoms with Crippen LogP contribution in [0.4, 0.5) is 0 Å². The molecular formula is C11H6Cl3NO2. The molecule has 3 nitrogen and oxygen atoms in total. The first kappa shape index (κ1) is 13.9. The zero-order valence-electron chi connectivity index (χ0n) is 8.63. The van der Waals surface area contributed by atoms with E-state index in [1.165, 1.54) is 25.3 Å². The molecule has 0 aliphatic rings. The molecule has 0 amide bonds. The Labute approximate surface area is 113 Å². The number of hydrogen-bond acceptors (Lipinski definition) is 3. The van der Waals surface area contributed by atoms with Crippen molar-refractivity contribution in [3.05, 3.63) is 38.3 Å². The third kappa shape index (κ3) is 3.37. The van der Waals surface area contributed by atoms with Crippen molar-refractivity contribution in [3.8, 4) is 6.07 Å². The van der Waals surface area contributed by atoms with E-state index in [2.05, 4.69) is 4.74 Å². The molecule has 0 aliphatic heterocycles. The van der Waals surface area contributed by atoms with E-state index in [0.29, 0.717) is 10.6 Å². The fraction of sp³-hybridized carbons (Fsp3) is 0.0909. The van der Waals surface area contributed by atoms with E-state index in [-0.39, 0.29) is 15.6 Å². The Morgan fingerprint density at radius 2 is 2.06 bits per heavy atom. The molecule has 1 aromatic carbocycles. The van der Waals surface area contributed by atoms with Crippen LogP contribution in [0.15, 0.2) is 17.7 Å². The first-order chi connectivity index (χ1) is 7.99. The topological polar surface area (TPSA) is 50.1 Å². The molecule has 0 atom stereocenters. The summed E-state index contributed by atoms with van der Waals surface area (Å²) < 4.78 is 4.44. The predicted molar refractivity (Wildman–Crippen MR) is 67.1 cm³/mol. The van der Waals surface area contributed by atoms with Crippen molar-refractivity contribution in [2.75, 3.05) is 7.11 Å². The van der Waals surface area contributed by atoms with Gasteiger partial charge in [-0.15, -0.1) is 0 Å². The number of rotatable bonds is 2. The molecule has 0 aliphatic carbocycles. The van der Waals surface area contributed by atoms with Crippen LogP contribution in [0.2, 0.25) is 15.1 Å². The van der Waals surface area contributed by atoms with E-state index in [1.807, 2.05) is 0 Å². The minimum atomic E-state index is -0.750. The van der Waals surface area contributed by atoms with Gasteiger partial charge >= 0.3 is 5.97 Å². The number of carbonyl (C=O) groups excluding carboxylic acids is 1. The van der Waals surface area contributed by atoms with Gasteiger partial charge in [-0.1, -0.05) is 34.8 Å². The van der Waals surface area contributed by atoms with Gasteiger partial charge in [0.05, 0.1) is 17.2 Å². The highest BCUT2D eigenvalue weighted by Gasteiger charge is 2.11. The summed E-state index contributed by atoms with van der Waals surface area (Å²) >= 11 is 17.5. The summed E-state index contributed by atoms with van der Waals surface area (Å²) in [5.41, 5.74) is 0.193. The monoisotopic (exact) mass is 289 g/mol. The molecule has 0 spiro atoms. The summed E-state index contributed by atoms with van der Waals surface area (Å²) in [6.45, 7) is 0. The van der Waals surface area contributed by atoms with Crippen molar-refractivity contribution in [1.29, 1.82) is 5.26 Å². The number of benzene rings is 1. The maximum absolute atomic E-state index is 11.2. The molecular weight excluding hydrogens is 284 g/mol. The Balaban J connectivity index is 3.31. The molecule has 1 aromatic rings. The highest BCUT2D eigenvalue weighted by Crippen LogP contribution is 2.31. The van der Waals surface area contributed by atoms with Crippen molar-refractivity contribution in [2.24, 2.45) is 0 Å². The zero-order chi connectivity index (χ0) is 13.0. The Kier molecular flexibility index (Phi) is 4.83. The summed E-state index contributed by atoms with van der Waals surface area (Å²) in [5, 5.41) is 9.60. The first-order valence-electron chi connectivity index (χ1n) is 4.34. The quantitative estimate of drug-likeness (QED) is 0.361. The SMILES string of the molecule is COC(=O)/C(C#N)=C/c1cc(Cl)cc(Cl)c1Cl. The van der Waals surface area contributed by atoms with Gasteiger partial charge < -0.3 is 4.74 Å². The van der Waals surface area contributed by atoms with Gasteiger partial charge in [-0.05, 0) is 23.8 Å². The summed E-state index contributed by atoms with van der Waals surface area (Å²) in [7, 11) is 1.18. The second kappa shape index (κ2) is 5.92. The third-order valence-electron chi connectivity index (χ3n) is 1.85. The van der Waals surface area contributed by atoms with E-state index in [0.717, 1.165) is 0 Å². The van der Waals surface area contributed by atoms with E-state index in [4.69, 9.17) is 40.1 Å². The fourth-order valence-corrected chi connectivity index (χ4v) is 1.76. The highest BCUT2D eigenvalue weighted by molar-refractivity contribution is 6.44. The third-order valence-corrected chi connectivity index (χ3v) is 2.88. The summed E-state index contributed by atoms with van der Waals surface area (Å²) in [6.07, 6.45) is 1.27. The number of esters is 1. The summed E-state index contributed by atoms with van der Waals surface area (Å²) in [6, 6.07) is 4.67. The molecule has 0 saturated heterocycles. The molecule has 0 unspecified atom stereocenters. The maximum atomic E-state index is 11.2. The Bertz CT molecular complexity index is 532. The van der Waals surface area contributed by atoms with Crippen molar-refractivity contribution >= 4 is 46.8 Å². The van der Waals surface area contributed by atoms with E-state index < -0.39 is 5.97 Å². The number of ether oxygens (including phenoxy) is 1. The summed E-state index contributed by atoms with van der Waals surface area (Å²) in [4.78, 5) is 11.2. The van der Waals surface area contributed by atoms with Crippen LogP contribution in [0, 0.1) is 11.3 Å². The molecule has 17 heavy (non-hydrogen) atoms. The van der Waals surface area contributed by atoms with Crippen LogP contribution in [-0.2, 0) is 9.53 Å². The molecule has 0 radical (unpaired) electrons. The Morgan fingerprint density at radius 1 is 1.41 bits per heavy atom. The summed E-state index contributed by atoms with van der Waals surface area (Å²) in [5.74, 6) is -0.750. The average Bonchev–Trinajstić information content (AvgIpc) is 2.30. The molecule has 0 fully saturated rings. The number of methoxy groups -OCH3 is 1. The van der Waals surface area contributed by atoms with Crippen LogP contribution in [0.25, 0.3) is 6.08 Å². The lowest BCUT2D eigenvalue weighted by atomic mass is 10.1. The molecule has 1 rings (SSSR count). The molecule has 6 heteroatoms. The van der Waals surface area contributed by atoms with Crippen LogP contribution in [0.1, 0.15) is 5.56 Å². The largest absolute Gasteiger partial charge is 0.465 e. The van der Waals surface area contributed by atoms with Crippen LogP contribution < -0.4 is 0 Å². The Hall–Kier alpha value is -1.21. The smallest absolute Gasteiger partial charge is 0.348 e. The van der Waals surface area contributed by atoms with Crippen LogP contribution in [-0.4, -0.2) is 13.1 Å². The van der Waals surface area contributed by atoms with Crippen molar-refractivity contribution in [3.63, 3.8) is 0 Å². The number of carbonyl (C=O) groups is 1. The Morgan fingerprint density at radius 3 is 2.59 bits per heavy atom. The van der Waals surface area contributed by atoms with Gasteiger partial charge in [0, 0.05) is 5.02 Å². The van der Waals surface area contributed by atoms with Gasteiger partial charge in [0.1, 0.15) is 11.6 Å². The second-order valence-electron chi connectivity index (χ2n) is 2.95. The van der Waals surface area contributed by atoms with Crippen LogP contribution >= 0.6 is 34.8 Å². The van der Waals surface area contributed by atoms with E-state index in [9.17, 15) is 4.79 Å². The van der Waals surface area contributed by atoms with Gasteiger partial charge in [-0.2, -0.15) is 5.26 Å². The second-order valence-corrected chi connectivity index (χ2v) is 4.17. The molecule has 0 aromatic heterocycles. The fourth-order valence-electron chi connectivity index (χ4n) is 1.08. The van der Waals surface area contributed by atoms with E-state index >= 15 is 0 Å². The molecule has 0 saturated carbocycles. The number of hydrogen-bond donors (Lipinski definition) is 0. The van der Waals surface area contributed by atoms with Crippen LogP contribution in [0.5, 0.6) is 0 Å². The highest BCUT2D eigenvalue weighted by atomic mass is 35.5. The van der Waals surface area contributed by atoms with Crippen LogP contribution in [0.3, 0.4) is 0 Å². The molecule has 88 valence electrons. The van der Waals surface area contributed by atoms with Gasteiger partial charge in [0.25, 0.3) is 0 Å². The normalized spacial score (nSPS) is 10.9. The lowest BCUT2D eigenvalue weighted by molar-refractivity contribution is -0.135. The van der Waals surface area contributed by atoms with Crippen molar-refractivity contribution < 1.29 is 9.53 Å². The minimum Gasteiger partial charge on any atom is -0.465 e. The van der Waals surface area contributed by atoms with E-state index in [1.54, 1.807) is 6.07 Å². The van der Waals surface area contributed by atoms with Gasteiger partial charge in [0.15, 0.2) is 0 Å². The number of nitrogens with zero attached hydrogens (tertiary/aromatic N) is 1. The standard InChI is InChI=1S/C11H6Cl3NO2/c1-17-11(16)7(5-15)2-6-3-8(12)4-9(13)10(6)14/h2-4H,1H3/b7-2+. The minimum absolute atomic E-state index is 0.187. The maximum Gasteiger partial charge on any atom is 0.348 e. The number of halogens is 3. The van der Waals surface area contributed by atoms with Gasteiger partial charge in [-0.3, -0.25) is 0 Å². The lowest BCUT2D eigenvalue weighted by Crippen LogP contribution is -2.02. The van der Waals surface area contributed by atoms with Gasteiger partial charge in [0.2, 0.25) is 0 Å². The number of nitriles is 1. The lowest BCUT2D eigenvalue weighted by Gasteiger charge is -2.03. The zero-order valence-corrected chi connectivity index (χ0v) is 10.9. The molecule has 0 bridgehead atoms. The average molecular weight is 291 g/mol. The first-order valence-corrected chi connectivity index (χ1v) is 5.47. The van der Waals surface area contributed by atoms with Crippen molar-refractivity contribution in [1.82, 2.24) is 0 Å². The molecule has 0 heterocycles. The molecule has 0 N–H and O–H groups in total. The van der Waals surface area contributed by atoms with Gasteiger partial charge in [-0.25, -0.2) is 4.79 Å². The van der Waals surface area contributed by atoms with Crippen molar-refractivity contribution in [2.45, 2.75) is 0 Å².